The summed E-state index contributed by atoms with van der Waals surface area (Å²) < 4.78 is 0. The summed E-state index contributed by atoms with van der Waals surface area (Å²) in [4.78, 5) is 25.6. The number of thioether (sulfide) groups is 1. The van der Waals surface area contributed by atoms with Gasteiger partial charge in [-0.2, -0.15) is 0 Å². The van der Waals surface area contributed by atoms with E-state index in [2.05, 4.69) is 13.8 Å². The number of hydrogen-bond donors (Lipinski definition) is 1. The van der Waals surface area contributed by atoms with Gasteiger partial charge >= 0.3 is 5.97 Å². The van der Waals surface area contributed by atoms with Crippen LogP contribution >= 0.6 is 11.8 Å². The second-order valence-electron chi connectivity index (χ2n) is 5.28. The van der Waals surface area contributed by atoms with E-state index in [1.165, 1.54) is 4.90 Å². The molecule has 1 saturated heterocycles. The average molecular weight is 269 g/mol. The minimum atomic E-state index is -0.966. The van der Waals surface area contributed by atoms with Crippen molar-refractivity contribution in [1.29, 1.82) is 0 Å². The van der Waals surface area contributed by atoms with Gasteiger partial charge in [0, 0.05) is 17.1 Å². The van der Waals surface area contributed by atoms with E-state index >= 15 is 0 Å². The summed E-state index contributed by atoms with van der Waals surface area (Å²) in [6.07, 6.45) is 1.53. The number of nitrogens with zero attached hydrogens (tertiary/aromatic N) is 1. The lowest BCUT2D eigenvalue weighted by Gasteiger charge is -2.42. The molecule has 0 aromatic rings. The maximum Gasteiger partial charge on any atom is 0.353 e. The molecule has 100 valence electrons. The van der Waals surface area contributed by atoms with Gasteiger partial charge in [-0.3, -0.25) is 4.79 Å². The van der Waals surface area contributed by atoms with Gasteiger partial charge in [0.2, 0.25) is 5.91 Å². The highest BCUT2D eigenvalue weighted by Gasteiger charge is 2.54. The first kappa shape index (κ1) is 13.5. The van der Waals surface area contributed by atoms with Crippen molar-refractivity contribution in [2.24, 2.45) is 11.8 Å². The van der Waals surface area contributed by atoms with E-state index in [4.69, 9.17) is 0 Å². The summed E-state index contributed by atoms with van der Waals surface area (Å²) in [6.45, 7) is 6.20. The van der Waals surface area contributed by atoms with Gasteiger partial charge in [-0.1, -0.05) is 20.8 Å². The van der Waals surface area contributed by atoms with E-state index < -0.39 is 5.97 Å². The normalized spacial score (nSPS) is 26.7. The lowest BCUT2D eigenvalue weighted by Crippen LogP contribution is -2.58. The van der Waals surface area contributed by atoms with Gasteiger partial charge in [-0.15, -0.1) is 11.8 Å². The lowest BCUT2D eigenvalue weighted by molar-refractivity contribution is -0.155. The second kappa shape index (κ2) is 4.96. The number of carbonyl (C=O) groups excluding carboxylic acids is 1. The molecule has 2 aliphatic rings. The first-order valence-corrected chi connectivity index (χ1v) is 7.38. The highest BCUT2D eigenvalue weighted by Crippen LogP contribution is 2.47. The maximum absolute atomic E-state index is 11.9. The minimum absolute atomic E-state index is 0.0138. The average Bonchev–Trinajstić information content (AvgIpc) is 2.62. The number of carboxylic acids is 1. The van der Waals surface area contributed by atoms with Gasteiger partial charge < -0.3 is 10.0 Å². The molecule has 2 unspecified atom stereocenters. The van der Waals surface area contributed by atoms with Gasteiger partial charge in [-0.25, -0.2) is 4.79 Å². The van der Waals surface area contributed by atoms with Crippen molar-refractivity contribution < 1.29 is 14.7 Å². The summed E-state index contributed by atoms with van der Waals surface area (Å²) in [5.41, 5.74) is 0.236. The molecule has 1 N–H and O–H groups in total. The first-order valence-electron chi connectivity index (χ1n) is 6.39. The van der Waals surface area contributed by atoms with E-state index in [0.717, 1.165) is 23.5 Å². The van der Waals surface area contributed by atoms with Crippen LogP contribution in [0, 0.1) is 11.8 Å². The van der Waals surface area contributed by atoms with Gasteiger partial charge in [-0.05, 0) is 12.3 Å². The Morgan fingerprint density at radius 3 is 2.72 bits per heavy atom. The largest absolute Gasteiger partial charge is 0.477 e. The summed E-state index contributed by atoms with van der Waals surface area (Å²) >= 11 is 1.60. The smallest absolute Gasteiger partial charge is 0.353 e. The molecule has 2 rings (SSSR count). The molecule has 0 spiro atoms. The quantitative estimate of drug-likeness (QED) is 0.778. The monoisotopic (exact) mass is 269 g/mol. The van der Waals surface area contributed by atoms with E-state index in [0.29, 0.717) is 5.92 Å². The van der Waals surface area contributed by atoms with Crippen molar-refractivity contribution in [3.63, 3.8) is 0 Å². The SMILES string of the molecule is CCC1C(=O)N2C(C(=O)O)=C(SCC(C)C)CC12. The van der Waals surface area contributed by atoms with Crippen LogP contribution in [0.2, 0.25) is 0 Å². The van der Waals surface area contributed by atoms with Gasteiger partial charge in [0.1, 0.15) is 5.70 Å². The number of carbonyl (C=O) groups is 2. The van der Waals surface area contributed by atoms with Crippen LogP contribution < -0.4 is 0 Å². The molecule has 0 bridgehead atoms. The first-order chi connectivity index (χ1) is 8.47. The molecule has 0 saturated carbocycles. The molecule has 5 heteroatoms. The number of carboxylic acid groups (broad SMARTS) is 1. The molecule has 2 heterocycles. The highest BCUT2D eigenvalue weighted by atomic mass is 32.2. The maximum atomic E-state index is 11.9. The number of amides is 1. The Balaban J connectivity index is 2.18. The summed E-state index contributed by atoms with van der Waals surface area (Å²) in [7, 11) is 0. The Bertz CT molecular complexity index is 416. The lowest BCUT2D eigenvalue weighted by atomic mass is 9.85. The fraction of sp³-hybridized carbons (Fsp3) is 0.692. The van der Waals surface area contributed by atoms with Crippen LogP contribution in [-0.4, -0.2) is 33.7 Å². The van der Waals surface area contributed by atoms with Gasteiger partial charge in [0.05, 0.1) is 12.0 Å². The Morgan fingerprint density at radius 1 is 1.56 bits per heavy atom. The van der Waals surface area contributed by atoms with E-state index in [9.17, 15) is 14.7 Å². The predicted octanol–water partition coefficient (Wildman–Crippen LogP) is 2.31. The predicted molar refractivity (Wildman–Crippen MR) is 71.0 cm³/mol. The number of aliphatic carboxylic acids is 1. The molecule has 0 aliphatic carbocycles. The number of β-lactam (4-membered cyclic amide) rings is 1. The van der Waals surface area contributed by atoms with Crippen LogP contribution in [-0.2, 0) is 9.59 Å². The van der Waals surface area contributed by atoms with Crippen molar-refractivity contribution in [2.45, 2.75) is 39.7 Å². The standard InChI is InChI=1S/C13H19NO3S/c1-4-8-9-5-10(18-6-7(2)3)11(13(16)17)14(9)12(8)15/h7-9H,4-6H2,1-3H3,(H,16,17). The summed E-state index contributed by atoms with van der Waals surface area (Å²) in [5.74, 6) is 0.462. The van der Waals surface area contributed by atoms with Crippen molar-refractivity contribution in [2.75, 3.05) is 5.75 Å². The van der Waals surface area contributed by atoms with E-state index in [-0.39, 0.29) is 23.6 Å². The second-order valence-corrected chi connectivity index (χ2v) is 6.39. The number of rotatable bonds is 5. The molecule has 0 aromatic heterocycles. The molecule has 1 amide bonds. The van der Waals surface area contributed by atoms with Crippen LogP contribution in [0.5, 0.6) is 0 Å². The summed E-state index contributed by atoms with van der Waals surface area (Å²) in [5, 5.41) is 9.28. The van der Waals surface area contributed by atoms with Crippen LogP contribution in [0.25, 0.3) is 0 Å². The fourth-order valence-electron chi connectivity index (χ4n) is 2.60. The molecule has 1 fully saturated rings. The third kappa shape index (κ3) is 2.05. The van der Waals surface area contributed by atoms with Crippen molar-refractivity contribution in [3.8, 4) is 0 Å². The zero-order valence-electron chi connectivity index (χ0n) is 11.0. The topological polar surface area (TPSA) is 57.6 Å². The van der Waals surface area contributed by atoms with E-state index in [1.807, 2.05) is 6.92 Å². The molecule has 18 heavy (non-hydrogen) atoms. The molecule has 4 nitrogen and oxygen atoms in total. The molecular formula is C13H19NO3S. The fourth-order valence-corrected chi connectivity index (χ4v) is 3.74. The zero-order valence-corrected chi connectivity index (χ0v) is 11.8. The minimum Gasteiger partial charge on any atom is -0.477 e. The van der Waals surface area contributed by atoms with Crippen LogP contribution in [0.1, 0.15) is 33.6 Å². The summed E-state index contributed by atoms with van der Waals surface area (Å²) in [6, 6.07) is 0.100. The number of hydrogen-bond acceptors (Lipinski definition) is 3. The Kier molecular flexibility index (Phi) is 3.71. The van der Waals surface area contributed by atoms with Gasteiger partial charge in [0.25, 0.3) is 0 Å². The Morgan fingerprint density at radius 2 is 2.22 bits per heavy atom. The van der Waals surface area contributed by atoms with E-state index in [1.54, 1.807) is 11.8 Å². The molecule has 2 atom stereocenters. The Hall–Kier alpha value is -0.970. The van der Waals surface area contributed by atoms with Crippen molar-refractivity contribution in [1.82, 2.24) is 4.90 Å². The molecule has 0 radical (unpaired) electrons. The van der Waals surface area contributed by atoms with Crippen LogP contribution in [0.4, 0.5) is 0 Å². The molecular weight excluding hydrogens is 250 g/mol. The van der Waals surface area contributed by atoms with Crippen LogP contribution in [0.3, 0.4) is 0 Å². The van der Waals surface area contributed by atoms with Crippen molar-refractivity contribution in [3.05, 3.63) is 10.6 Å². The third-order valence-electron chi connectivity index (χ3n) is 3.48. The Labute approximate surface area is 111 Å². The zero-order chi connectivity index (χ0) is 13.4. The van der Waals surface area contributed by atoms with Crippen LogP contribution in [0.15, 0.2) is 10.6 Å². The molecule has 0 aromatic carbocycles. The third-order valence-corrected chi connectivity index (χ3v) is 5.03. The molecule has 2 aliphatic heterocycles. The highest BCUT2D eigenvalue weighted by molar-refractivity contribution is 8.03. The van der Waals surface area contributed by atoms with Crippen molar-refractivity contribution >= 4 is 23.6 Å². The van der Waals surface area contributed by atoms with Gasteiger partial charge in [0.15, 0.2) is 0 Å². The number of fused-ring (bicyclic) bond motifs is 1.